The third-order valence-electron chi connectivity index (χ3n) is 8.26. The molecule has 2 nitrogen and oxygen atoms in total. The highest BCUT2D eigenvalue weighted by Gasteiger charge is 2.67. The van der Waals surface area contributed by atoms with Gasteiger partial charge in [0.15, 0.2) is 0 Å². The van der Waals surface area contributed by atoms with E-state index in [1.165, 1.54) is 12.8 Å². The Bertz CT molecular complexity index is 470. The summed E-state index contributed by atoms with van der Waals surface area (Å²) in [7, 11) is 0. The number of unbranched alkanes of at least 4 members (excludes halogenated alkanes) is 1. The molecule has 4 aliphatic carbocycles. The molecule has 4 saturated carbocycles. The van der Waals surface area contributed by atoms with Gasteiger partial charge < -0.3 is 4.74 Å². The van der Waals surface area contributed by atoms with Crippen LogP contribution >= 0.6 is 0 Å². The van der Waals surface area contributed by atoms with Crippen molar-refractivity contribution in [2.24, 2.45) is 59.2 Å². The van der Waals surface area contributed by atoms with Crippen molar-refractivity contribution in [3.8, 4) is 0 Å². The smallest absolute Gasteiger partial charge is 0.309 e. The summed E-state index contributed by atoms with van der Waals surface area (Å²) in [6.07, 6.45) is 6.04. The maximum absolute atomic E-state index is 12.5. The second-order valence-corrected chi connectivity index (χ2v) is 9.42. The fourth-order valence-corrected chi connectivity index (χ4v) is 7.77. The van der Waals surface area contributed by atoms with Crippen LogP contribution in [0, 0.1) is 59.2 Å². The van der Waals surface area contributed by atoms with E-state index in [0.29, 0.717) is 12.5 Å². The van der Waals surface area contributed by atoms with Crippen LogP contribution in [0.4, 0.5) is 0 Å². The number of esters is 1. The Morgan fingerprint density at radius 2 is 1.87 bits per heavy atom. The maximum atomic E-state index is 12.5. The lowest BCUT2D eigenvalue weighted by Crippen LogP contribution is -2.42. The van der Waals surface area contributed by atoms with Gasteiger partial charge in [0.25, 0.3) is 0 Å². The lowest BCUT2D eigenvalue weighted by atomic mass is 9.60. The summed E-state index contributed by atoms with van der Waals surface area (Å²) in [5, 5.41) is 0. The Hall–Kier alpha value is -0.530. The first-order valence-corrected chi connectivity index (χ1v) is 10.2. The van der Waals surface area contributed by atoms with Crippen molar-refractivity contribution in [1.29, 1.82) is 0 Å². The zero-order valence-corrected chi connectivity index (χ0v) is 15.3. The zero-order valence-electron chi connectivity index (χ0n) is 15.3. The van der Waals surface area contributed by atoms with Gasteiger partial charge in [-0.15, -0.1) is 0 Å². The average molecular weight is 319 g/mol. The van der Waals surface area contributed by atoms with Gasteiger partial charge >= 0.3 is 5.97 Å². The fraction of sp³-hybridized carbons (Fsp3) is 0.952. The van der Waals surface area contributed by atoms with Crippen LogP contribution in [0.1, 0.15) is 59.8 Å². The number of carbonyl (C=O) groups is 1. The van der Waals surface area contributed by atoms with Crippen LogP contribution < -0.4 is 0 Å². The van der Waals surface area contributed by atoms with Gasteiger partial charge in [-0.25, -0.2) is 0 Å². The Balaban J connectivity index is 1.47. The molecular weight excluding hydrogens is 284 g/mol. The number of hydrogen-bond donors (Lipinski definition) is 0. The summed E-state index contributed by atoms with van der Waals surface area (Å²) in [5.74, 6) is 8.18. The molecule has 130 valence electrons. The molecule has 4 fully saturated rings. The van der Waals surface area contributed by atoms with E-state index in [4.69, 9.17) is 4.74 Å². The van der Waals surface area contributed by atoms with Crippen LogP contribution in [0.2, 0.25) is 0 Å². The Labute approximate surface area is 141 Å². The highest BCUT2D eigenvalue weighted by Crippen LogP contribution is 2.72. The summed E-state index contributed by atoms with van der Waals surface area (Å²) in [6.45, 7) is 10.1. The predicted octanol–water partition coefficient (Wildman–Crippen LogP) is 4.78. The van der Waals surface area contributed by atoms with Crippen LogP contribution in [-0.4, -0.2) is 12.6 Å². The molecule has 0 heterocycles. The maximum Gasteiger partial charge on any atom is 0.309 e. The highest BCUT2D eigenvalue weighted by atomic mass is 16.5. The molecule has 4 rings (SSSR count). The van der Waals surface area contributed by atoms with Crippen molar-refractivity contribution in [2.45, 2.75) is 59.8 Å². The third-order valence-corrected chi connectivity index (χ3v) is 8.26. The van der Waals surface area contributed by atoms with Crippen molar-refractivity contribution in [3.05, 3.63) is 0 Å². The summed E-state index contributed by atoms with van der Waals surface area (Å²) in [6, 6.07) is 0. The lowest BCUT2D eigenvalue weighted by molar-refractivity contribution is -0.152. The molecule has 2 heteroatoms. The molecule has 4 aliphatic rings. The van der Waals surface area contributed by atoms with Crippen LogP contribution in [0.5, 0.6) is 0 Å². The minimum Gasteiger partial charge on any atom is -0.465 e. The quantitative estimate of drug-likeness (QED) is 0.414. The molecule has 0 amide bonds. The lowest BCUT2D eigenvalue weighted by Gasteiger charge is -2.45. The molecule has 0 saturated heterocycles. The largest absolute Gasteiger partial charge is 0.465 e. The Kier molecular flexibility index (Phi) is 4.01. The molecule has 23 heavy (non-hydrogen) atoms. The van der Waals surface area contributed by atoms with E-state index in [1.807, 2.05) is 0 Å². The standard InChI is InChI=1S/C21H34O2/c1-5-6-7-23-21(22)16-9-13-8-15(16)20-14-10-17(19(13)20)18(11(2)3)12(14)4/h11-20H,5-10H2,1-4H3. The van der Waals surface area contributed by atoms with Crippen LogP contribution in [0.25, 0.3) is 0 Å². The van der Waals surface area contributed by atoms with Gasteiger partial charge in [-0.1, -0.05) is 34.1 Å². The molecule has 0 aromatic heterocycles. The number of carbonyl (C=O) groups excluding carboxylic acids is 1. The van der Waals surface area contributed by atoms with Crippen molar-refractivity contribution in [1.82, 2.24) is 0 Å². The molecule has 4 bridgehead atoms. The van der Waals surface area contributed by atoms with Gasteiger partial charge in [-0.2, -0.15) is 0 Å². The number of rotatable bonds is 5. The van der Waals surface area contributed by atoms with E-state index in [9.17, 15) is 4.79 Å². The first-order chi connectivity index (χ1) is 11.0. The van der Waals surface area contributed by atoms with E-state index < -0.39 is 0 Å². The molecule has 0 spiro atoms. The molecule has 9 atom stereocenters. The van der Waals surface area contributed by atoms with Gasteiger partial charge in [0, 0.05) is 0 Å². The Morgan fingerprint density at radius 3 is 2.57 bits per heavy atom. The highest BCUT2D eigenvalue weighted by molar-refractivity contribution is 5.73. The van der Waals surface area contributed by atoms with Crippen LogP contribution in [-0.2, 0) is 9.53 Å². The summed E-state index contributed by atoms with van der Waals surface area (Å²) >= 11 is 0. The molecule has 0 N–H and O–H groups in total. The topological polar surface area (TPSA) is 26.3 Å². The first kappa shape index (κ1) is 16.0. The van der Waals surface area contributed by atoms with E-state index >= 15 is 0 Å². The first-order valence-electron chi connectivity index (χ1n) is 10.2. The van der Waals surface area contributed by atoms with E-state index in [-0.39, 0.29) is 11.9 Å². The monoisotopic (exact) mass is 318 g/mol. The summed E-state index contributed by atoms with van der Waals surface area (Å²) in [4.78, 5) is 12.5. The van der Waals surface area contributed by atoms with E-state index in [2.05, 4.69) is 27.7 Å². The number of ether oxygens (including phenoxy) is 1. The molecule has 0 aromatic rings. The second-order valence-electron chi connectivity index (χ2n) is 9.42. The van der Waals surface area contributed by atoms with Crippen molar-refractivity contribution in [3.63, 3.8) is 0 Å². The van der Waals surface area contributed by atoms with Crippen molar-refractivity contribution < 1.29 is 9.53 Å². The van der Waals surface area contributed by atoms with Crippen molar-refractivity contribution >= 4 is 5.97 Å². The molecule has 0 aliphatic heterocycles. The van der Waals surface area contributed by atoms with Gasteiger partial charge in [-0.3, -0.25) is 4.79 Å². The summed E-state index contributed by atoms with van der Waals surface area (Å²) in [5.41, 5.74) is 0. The van der Waals surface area contributed by atoms with Gasteiger partial charge in [-0.05, 0) is 78.9 Å². The SMILES string of the molecule is CCCCOC(=O)C1CC2CC1C1C3CC(C(C(C)C)C3C)C21. The molecule has 0 aromatic carbocycles. The Morgan fingerprint density at radius 1 is 1.09 bits per heavy atom. The fourth-order valence-electron chi connectivity index (χ4n) is 7.77. The summed E-state index contributed by atoms with van der Waals surface area (Å²) < 4.78 is 5.59. The van der Waals surface area contributed by atoms with Gasteiger partial charge in [0.05, 0.1) is 12.5 Å². The predicted molar refractivity (Wildman–Crippen MR) is 91.6 cm³/mol. The molecule has 9 unspecified atom stereocenters. The number of hydrogen-bond acceptors (Lipinski definition) is 2. The molecular formula is C21H34O2. The van der Waals surface area contributed by atoms with E-state index in [0.717, 1.165) is 66.6 Å². The van der Waals surface area contributed by atoms with Gasteiger partial charge in [0.2, 0.25) is 0 Å². The van der Waals surface area contributed by atoms with E-state index in [1.54, 1.807) is 0 Å². The minimum atomic E-state index is 0.139. The second kappa shape index (κ2) is 5.77. The number of fused-ring (bicyclic) bond motifs is 9. The zero-order chi connectivity index (χ0) is 16.3. The molecule has 0 radical (unpaired) electrons. The van der Waals surface area contributed by atoms with Crippen LogP contribution in [0.15, 0.2) is 0 Å². The van der Waals surface area contributed by atoms with Crippen molar-refractivity contribution in [2.75, 3.05) is 6.61 Å². The minimum absolute atomic E-state index is 0.139. The van der Waals surface area contributed by atoms with Gasteiger partial charge in [0.1, 0.15) is 0 Å². The third kappa shape index (κ3) is 2.23. The average Bonchev–Trinajstić information content (AvgIpc) is 3.23. The normalized spacial score (nSPS) is 49.9. The van der Waals surface area contributed by atoms with Crippen LogP contribution in [0.3, 0.4) is 0 Å².